The molecule has 1 fully saturated rings. The van der Waals surface area contributed by atoms with E-state index in [1.54, 1.807) is 0 Å². The lowest BCUT2D eigenvalue weighted by molar-refractivity contribution is -0.396. The third kappa shape index (κ3) is 4.92. The van der Waals surface area contributed by atoms with Crippen LogP contribution in [0.15, 0.2) is 23.1 Å². The van der Waals surface area contributed by atoms with Gasteiger partial charge in [-0.3, -0.25) is 25.0 Å². The molecule has 0 N–H and O–H groups in total. The number of carbonyl (C=O) groups is 1. The fourth-order valence-electron chi connectivity index (χ4n) is 2.78. The normalized spacial score (nSPS) is 21.3. The number of rotatable bonds is 6. The van der Waals surface area contributed by atoms with Gasteiger partial charge in [-0.05, 0) is 38.2 Å². The van der Waals surface area contributed by atoms with Gasteiger partial charge in [0.25, 0.3) is 17.8 Å². The SMILES string of the molecule is O=COC1CCCCC(Sc2ccc([N+](=O)[O-])cc2[N+](=O)[O-])CC1. The molecule has 130 valence electrons. The molecule has 0 heterocycles. The standard InChI is InChI=1S/C15H18N2O6S/c18-10-23-12-3-1-2-4-13(7-6-12)24-15-8-5-11(16(19)20)9-14(15)17(21)22/h5,8-10,12-13H,1-4,6-7H2. The Bertz CT molecular complexity index is 624. The number of ether oxygens (including phenoxy) is 1. The molecule has 2 atom stereocenters. The molecular formula is C15H18N2O6S. The van der Waals surface area contributed by atoms with E-state index in [1.165, 1.54) is 23.9 Å². The number of carbonyl (C=O) groups excluding carboxylic acids is 1. The van der Waals surface area contributed by atoms with Crippen LogP contribution < -0.4 is 0 Å². The zero-order chi connectivity index (χ0) is 17.5. The molecule has 0 bridgehead atoms. The number of nitro groups is 2. The van der Waals surface area contributed by atoms with Gasteiger partial charge in [-0.15, -0.1) is 11.8 Å². The van der Waals surface area contributed by atoms with E-state index in [0.29, 0.717) is 11.4 Å². The fourth-order valence-corrected chi connectivity index (χ4v) is 4.08. The number of thioether (sulfide) groups is 1. The highest BCUT2D eigenvalue weighted by molar-refractivity contribution is 8.00. The molecule has 8 nitrogen and oxygen atoms in total. The van der Waals surface area contributed by atoms with Gasteiger partial charge in [0.15, 0.2) is 0 Å². The van der Waals surface area contributed by atoms with Crippen molar-refractivity contribution in [2.45, 2.75) is 54.8 Å². The third-order valence-electron chi connectivity index (χ3n) is 4.00. The van der Waals surface area contributed by atoms with Gasteiger partial charge in [0.1, 0.15) is 6.10 Å². The Morgan fingerprint density at radius 1 is 1.08 bits per heavy atom. The van der Waals surface area contributed by atoms with Gasteiger partial charge < -0.3 is 4.74 Å². The van der Waals surface area contributed by atoms with E-state index in [9.17, 15) is 25.0 Å². The van der Waals surface area contributed by atoms with Crippen LogP contribution in [0.4, 0.5) is 11.4 Å². The molecule has 2 unspecified atom stereocenters. The molecule has 1 aliphatic carbocycles. The Kier molecular flexibility index (Phi) is 6.53. The van der Waals surface area contributed by atoms with Gasteiger partial charge in [-0.25, -0.2) is 0 Å². The van der Waals surface area contributed by atoms with Crippen molar-refractivity contribution in [3.63, 3.8) is 0 Å². The van der Waals surface area contributed by atoms with E-state index in [1.807, 2.05) is 0 Å². The summed E-state index contributed by atoms with van der Waals surface area (Å²) in [6, 6.07) is 3.74. The van der Waals surface area contributed by atoms with Crippen LogP contribution in [0.2, 0.25) is 0 Å². The van der Waals surface area contributed by atoms with Crippen LogP contribution in [-0.4, -0.2) is 27.7 Å². The average molecular weight is 354 g/mol. The van der Waals surface area contributed by atoms with Crippen molar-refractivity contribution in [1.82, 2.24) is 0 Å². The topological polar surface area (TPSA) is 113 Å². The molecule has 0 spiro atoms. The summed E-state index contributed by atoms with van der Waals surface area (Å²) >= 11 is 1.37. The molecule has 1 aromatic rings. The second kappa shape index (κ2) is 8.62. The van der Waals surface area contributed by atoms with Crippen molar-refractivity contribution < 1.29 is 19.4 Å². The molecule has 2 rings (SSSR count). The molecule has 24 heavy (non-hydrogen) atoms. The van der Waals surface area contributed by atoms with Crippen LogP contribution in [-0.2, 0) is 9.53 Å². The Hall–Kier alpha value is -2.16. The van der Waals surface area contributed by atoms with Gasteiger partial charge in [0.05, 0.1) is 20.8 Å². The Morgan fingerprint density at radius 3 is 2.50 bits per heavy atom. The van der Waals surface area contributed by atoms with Crippen molar-refractivity contribution in [1.29, 1.82) is 0 Å². The smallest absolute Gasteiger partial charge is 0.293 e. The van der Waals surface area contributed by atoms with Crippen molar-refractivity contribution in [2.75, 3.05) is 0 Å². The molecule has 0 aromatic heterocycles. The summed E-state index contributed by atoms with van der Waals surface area (Å²) < 4.78 is 5.05. The fraction of sp³-hybridized carbons (Fsp3) is 0.533. The minimum Gasteiger partial charge on any atom is -0.465 e. The van der Waals surface area contributed by atoms with Gasteiger partial charge in [-0.1, -0.05) is 6.42 Å². The lowest BCUT2D eigenvalue weighted by Gasteiger charge is -2.23. The summed E-state index contributed by atoms with van der Waals surface area (Å²) in [6.07, 6.45) is 5.04. The van der Waals surface area contributed by atoms with Crippen LogP contribution in [0.1, 0.15) is 38.5 Å². The first-order valence-corrected chi connectivity index (χ1v) is 8.58. The van der Waals surface area contributed by atoms with Gasteiger partial charge in [-0.2, -0.15) is 0 Å². The van der Waals surface area contributed by atoms with Crippen molar-refractivity contribution in [3.8, 4) is 0 Å². The van der Waals surface area contributed by atoms with E-state index in [4.69, 9.17) is 4.74 Å². The maximum absolute atomic E-state index is 11.2. The summed E-state index contributed by atoms with van der Waals surface area (Å²) in [7, 11) is 0. The summed E-state index contributed by atoms with van der Waals surface area (Å²) in [5.74, 6) is 0. The number of hydrogen-bond donors (Lipinski definition) is 0. The molecule has 1 saturated carbocycles. The van der Waals surface area contributed by atoms with Gasteiger partial charge >= 0.3 is 0 Å². The second-order valence-corrected chi connectivity index (χ2v) is 6.96. The third-order valence-corrected chi connectivity index (χ3v) is 5.41. The molecule has 0 amide bonds. The van der Waals surface area contributed by atoms with Crippen molar-refractivity contribution in [3.05, 3.63) is 38.4 Å². The van der Waals surface area contributed by atoms with E-state index >= 15 is 0 Å². The first-order valence-electron chi connectivity index (χ1n) is 7.70. The molecule has 1 aliphatic rings. The predicted octanol–water partition coefficient (Wildman–Crippen LogP) is 3.86. The Labute approximate surface area is 142 Å². The second-order valence-electron chi connectivity index (χ2n) is 5.62. The van der Waals surface area contributed by atoms with Gasteiger partial charge in [0.2, 0.25) is 0 Å². The number of nitro benzene ring substituents is 2. The van der Waals surface area contributed by atoms with Crippen LogP contribution in [0.25, 0.3) is 0 Å². The van der Waals surface area contributed by atoms with Crippen LogP contribution >= 0.6 is 11.8 Å². The highest BCUT2D eigenvalue weighted by Crippen LogP contribution is 2.38. The van der Waals surface area contributed by atoms with Crippen molar-refractivity contribution >= 4 is 29.6 Å². The number of non-ortho nitro benzene ring substituents is 1. The zero-order valence-electron chi connectivity index (χ0n) is 13.0. The number of nitrogens with zero attached hydrogens (tertiary/aromatic N) is 2. The van der Waals surface area contributed by atoms with E-state index in [-0.39, 0.29) is 22.7 Å². The molecule has 9 heteroatoms. The van der Waals surface area contributed by atoms with Crippen LogP contribution in [0, 0.1) is 20.2 Å². The summed E-state index contributed by atoms with van der Waals surface area (Å²) in [4.78, 5) is 31.7. The largest absolute Gasteiger partial charge is 0.465 e. The van der Waals surface area contributed by atoms with E-state index in [0.717, 1.165) is 44.6 Å². The highest BCUT2D eigenvalue weighted by atomic mass is 32.2. The van der Waals surface area contributed by atoms with Crippen LogP contribution in [0.5, 0.6) is 0 Å². The summed E-state index contributed by atoms with van der Waals surface area (Å²) in [5.41, 5.74) is -0.528. The monoisotopic (exact) mass is 354 g/mol. The van der Waals surface area contributed by atoms with E-state index in [2.05, 4.69) is 0 Å². The molecular weight excluding hydrogens is 336 g/mol. The zero-order valence-corrected chi connectivity index (χ0v) is 13.8. The van der Waals surface area contributed by atoms with Gasteiger partial charge in [0, 0.05) is 11.3 Å². The minimum absolute atomic E-state index is 0.0993. The molecule has 1 aromatic carbocycles. The Morgan fingerprint density at radius 2 is 1.83 bits per heavy atom. The molecule has 0 aliphatic heterocycles. The predicted molar refractivity (Wildman–Crippen MR) is 88.0 cm³/mol. The van der Waals surface area contributed by atoms with Crippen LogP contribution in [0.3, 0.4) is 0 Å². The lowest BCUT2D eigenvalue weighted by Crippen LogP contribution is -2.18. The highest BCUT2D eigenvalue weighted by Gasteiger charge is 2.24. The Balaban J connectivity index is 2.12. The molecule has 0 saturated heterocycles. The van der Waals surface area contributed by atoms with E-state index < -0.39 is 9.85 Å². The summed E-state index contributed by atoms with van der Waals surface area (Å²) in [5, 5.41) is 22.2. The molecule has 0 radical (unpaired) electrons. The number of benzene rings is 1. The first kappa shape index (κ1) is 18.2. The maximum Gasteiger partial charge on any atom is 0.293 e. The summed E-state index contributed by atoms with van der Waals surface area (Å²) in [6.45, 7) is 0.468. The quantitative estimate of drug-likeness (QED) is 0.433. The first-order chi connectivity index (χ1) is 11.5. The minimum atomic E-state index is -0.640. The number of hydrogen-bond acceptors (Lipinski definition) is 7. The maximum atomic E-state index is 11.2. The average Bonchev–Trinajstić information content (AvgIpc) is 2.53. The van der Waals surface area contributed by atoms with Crippen molar-refractivity contribution in [2.24, 2.45) is 0 Å². The lowest BCUT2D eigenvalue weighted by atomic mass is 9.98.